The van der Waals surface area contributed by atoms with E-state index in [1.54, 1.807) is 18.2 Å². The van der Waals surface area contributed by atoms with E-state index in [4.69, 9.17) is 0 Å². The van der Waals surface area contributed by atoms with Gasteiger partial charge in [0.05, 0.1) is 0 Å². The van der Waals surface area contributed by atoms with Gasteiger partial charge in [-0.3, -0.25) is 9.59 Å². The number of ketones is 2. The molecule has 0 saturated heterocycles. The fraction of sp³-hybridized carbons (Fsp3) is 0.167. The Morgan fingerprint density at radius 2 is 1.87 bits per heavy atom. The van der Waals surface area contributed by atoms with E-state index in [0.717, 1.165) is 0 Å². The summed E-state index contributed by atoms with van der Waals surface area (Å²) in [4.78, 5) is 21.9. The molecule has 0 aliphatic rings. The lowest BCUT2D eigenvalue weighted by atomic mass is 10.1. The summed E-state index contributed by atoms with van der Waals surface area (Å²) in [7, 11) is 0. The molecule has 0 aromatic heterocycles. The Morgan fingerprint density at radius 3 is 2.47 bits per heavy atom. The van der Waals surface area contributed by atoms with Crippen molar-refractivity contribution in [1.82, 2.24) is 0 Å². The van der Waals surface area contributed by atoms with Crippen LogP contribution in [0.25, 0.3) is 0 Å². The number of allylic oxidation sites excluding steroid dienone is 1. The molecule has 1 rings (SSSR count). The first kappa shape index (κ1) is 11.2. The van der Waals surface area contributed by atoms with Gasteiger partial charge in [-0.25, -0.2) is 0 Å². The first-order valence-electron chi connectivity index (χ1n) is 4.65. The third kappa shape index (κ3) is 3.38. The zero-order valence-electron chi connectivity index (χ0n) is 8.78. The number of hydrogen-bond donors (Lipinski definition) is 1. The van der Waals surface area contributed by atoms with E-state index in [-0.39, 0.29) is 11.6 Å². The number of anilines is 1. The fourth-order valence-corrected chi connectivity index (χ4v) is 1.16. The van der Waals surface area contributed by atoms with Crippen LogP contribution in [0.5, 0.6) is 0 Å². The minimum atomic E-state index is -0.0391. The second kappa shape index (κ2) is 5.10. The Labute approximate surface area is 88.8 Å². The normalized spacial score (nSPS) is 10.3. The van der Waals surface area contributed by atoms with Crippen molar-refractivity contribution in [2.45, 2.75) is 13.8 Å². The minimum absolute atomic E-state index is 0.00525. The van der Waals surface area contributed by atoms with Gasteiger partial charge in [0.15, 0.2) is 11.6 Å². The molecule has 0 saturated carbocycles. The molecule has 0 atom stereocenters. The Kier molecular flexibility index (Phi) is 3.80. The van der Waals surface area contributed by atoms with Crippen molar-refractivity contribution in [3.63, 3.8) is 0 Å². The largest absolute Gasteiger partial charge is 0.361 e. The van der Waals surface area contributed by atoms with Gasteiger partial charge in [-0.2, -0.15) is 0 Å². The first-order valence-corrected chi connectivity index (χ1v) is 4.65. The van der Waals surface area contributed by atoms with Crippen LogP contribution in [0, 0.1) is 0 Å². The average Bonchev–Trinajstić information content (AvgIpc) is 2.17. The molecule has 0 aliphatic heterocycles. The third-order valence-electron chi connectivity index (χ3n) is 1.86. The maximum Gasteiger partial charge on any atom is 0.161 e. The molecular weight excluding hydrogens is 190 g/mol. The fourth-order valence-electron chi connectivity index (χ4n) is 1.16. The van der Waals surface area contributed by atoms with Crippen LogP contribution in [0.4, 0.5) is 5.69 Å². The topological polar surface area (TPSA) is 46.2 Å². The summed E-state index contributed by atoms with van der Waals surface area (Å²) in [5.74, 6) is -0.0443. The van der Waals surface area contributed by atoms with Gasteiger partial charge in [-0.15, -0.1) is 0 Å². The Bertz CT molecular complexity index is 408. The molecule has 15 heavy (non-hydrogen) atoms. The summed E-state index contributed by atoms with van der Waals surface area (Å²) in [5.41, 5.74) is 1.33. The monoisotopic (exact) mass is 203 g/mol. The van der Waals surface area contributed by atoms with Crippen LogP contribution in [-0.4, -0.2) is 11.6 Å². The van der Waals surface area contributed by atoms with Gasteiger partial charge in [0.1, 0.15) is 0 Å². The molecule has 3 heteroatoms. The lowest BCUT2D eigenvalue weighted by Crippen LogP contribution is -1.99. The van der Waals surface area contributed by atoms with E-state index in [9.17, 15) is 9.59 Å². The van der Waals surface area contributed by atoms with Crippen LogP contribution in [0.3, 0.4) is 0 Å². The molecule has 0 amide bonds. The van der Waals surface area contributed by atoms with Gasteiger partial charge in [0.25, 0.3) is 0 Å². The number of carbonyl (C=O) groups excluding carboxylic acids is 2. The molecule has 0 aliphatic carbocycles. The van der Waals surface area contributed by atoms with Crippen LogP contribution in [-0.2, 0) is 4.79 Å². The van der Waals surface area contributed by atoms with Gasteiger partial charge in [0.2, 0.25) is 0 Å². The predicted octanol–water partition coefficient (Wildman–Crippen LogP) is 2.40. The summed E-state index contributed by atoms with van der Waals surface area (Å²) in [6, 6.07) is 7.17. The maximum absolute atomic E-state index is 11.2. The number of nitrogens with one attached hydrogen (secondary N) is 1. The molecule has 0 bridgehead atoms. The second-order valence-electron chi connectivity index (χ2n) is 3.19. The van der Waals surface area contributed by atoms with Gasteiger partial charge in [-0.05, 0) is 32.1 Å². The van der Waals surface area contributed by atoms with Crippen molar-refractivity contribution in [2.75, 3.05) is 5.32 Å². The second-order valence-corrected chi connectivity index (χ2v) is 3.19. The number of carbonyl (C=O) groups is 2. The van der Waals surface area contributed by atoms with Crippen molar-refractivity contribution in [2.24, 2.45) is 0 Å². The minimum Gasteiger partial charge on any atom is -0.361 e. The number of benzene rings is 1. The van der Waals surface area contributed by atoms with Gasteiger partial charge >= 0.3 is 0 Å². The van der Waals surface area contributed by atoms with E-state index in [1.165, 1.54) is 26.1 Å². The van der Waals surface area contributed by atoms with E-state index in [2.05, 4.69) is 5.32 Å². The number of hydrogen-bond acceptors (Lipinski definition) is 3. The molecule has 3 nitrogen and oxygen atoms in total. The molecule has 0 radical (unpaired) electrons. The zero-order chi connectivity index (χ0) is 11.3. The lowest BCUT2D eigenvalue weighted by Gasteiger charge is -2.05. The van der Waals surface area contributed by atoms with Crippen LogP contribution < -0.4 is 5.32 Å². The molecule has 78 valence electrons. The van der Waals surface area contributed by atoms with Crippen molar-refractivity contribution >= 4 is 17.3 Å². The molecular formula is C12H13NO2. The van der Waals surface area contributed by atoms with E-state index in [0.29, 0.717) is 11.3 Å². The standard InChI is InChI=1S/C12H13NO2/c1-9(14)7-8-13-12-6-4-3-5-11(12)10(2)15/h3-8,13H,1-2H3/b8-7-. The van der Waals surface area contributed by atoms with Crippen LogP contribution in [0.2, 0.25) is 0 Å². The SMILES string of the molecule is CC(=O)/C=C\Nc1ccccc1C(C)=O. The Balaban J connectivity index is 2.85. The number of Topliss-reactive ketones (excluding diaryl/α,β-unsaturated/α-hetero) is 1. The Morgan fingerprint density at radius 1 is 1.20 bits per heavy atom. The van der Waals surface area contributed by atoms with Crippen molar-refractivity contribution < 1.29 is 9.59 Å². The molecule has 0 unspecified atom stereocenters. The molecule has 1 aromatic carbocycles. The smallest absolute Gasteiger partial charge is 0.161 e. The summed E-state index contributed by atoms with van der Waals surface area (Å²) in [6.45, 7) is 2.98. The van der Waals surface area contributed by atoms with Crippen LogP contribution in [0.1, 0.15) is 24.2 Å². The quantitative estimate of drug-likeness (QED) is 0.603. The molecule has 1 N–H and O–H groups in total. The van der Waals surface area contributed by atoms with E-state index >= 15 is 0 Å². The zero-order valence-corrected chi connectivity index (χ0v) is 8.78. The highest BCUT2D eigenvalue weighted by molar-refractivity contribution is 5.99. The number of para-hydroxylation sites is 1. The summed E-state index contributed by atoms with van der Waals surface area (Å²) < 4.78 is 0. The predicted molar refractivity (Wildman–Crippen MR) is 59.9 cm³/mol. The average molecular weight is 203 g/mol. The molecule has 0 heterocycles. The number of rotatable bonds is 4. The van der Waals surface area contributed by atoms with E-state index in [1.807, 2.05) is 6.07 Å². The lowest BCUT2D eigenvalue weighted by molar-refractivity contribution is -0.112. The molecule has 0 fully saturated rings. The molecule has 1 aromatic rings. The first-order chi connectivity index (χ1) is 7.11. The van der Waals surface area contributed by atoms with Crippen molar-refractivity contribution in [1.29, 1.82) is 0 Å². The summed E-state index contributed by atoms with van der Waals surface area (Å²) in [5, 5.41) is 2.90. The van der Waals surface area contributed by atoms with Gasteiger partial charge < -0.3 is 5.32 Å². The highest BCUT2D eigenvalue weighted by atomic mass is 16.1. The molecule has 0 spiro atoms. The third-order valence-corrected chi connectivity index (χ3v) is 1.86. The summed E-state index contributed by atoms with van der Waals surface area (Å²) >= 11 is 0. The van der Waals surface area contributed by atoms with Gasteiger partial charge in [-0.1, -0.05) is 12.1 Å². The van der Waals surface area contributed by atoms with E-state index < -0.39 is 0 Å². The summed E-state index contributed by atoms with van der Waals surface area (Å²) in [6.07, 6.45) is 2.95. The maximum atomic E-state index is 11.2. The Hall–Kier alpha value is -1.90. The highest BCUT2D eigenvalue weighted by Crippen LogP contribution is 2.15. The van der Waals surface area contributed by atoms with Gasteiger partial charge in [0, 0.05) is 17.5 Å². The van der Waals surface area contributed by atoms with Crippen molar-refractivity contribution in [3.05, 3.63) is 42.1 Å². The van der Waals surface area contributed by atoms with Crippen LogP contribution >= 0.6 is 0 Å². The van der Waals surface area contributed by atoms with Crippen LogP contribution in [0.15, 0.2) is 36.5 Å². The highest BCUT2D eigenvalue weighted by Gasteiger charge is 2.03. The van der Waals surface area contributed by atoms with Crippen molar-refractivity contribution in [3.8, 4) is 0 Å².